The van der Waals surface area contributed by atoms with Gasteiger partial charge in [-0.3, -0.25) is 0 Å². The average molecular weight is 366 g/mol. The number of amidine groups is 1. The Balaban J connectivity index is 1.65. The Morgan fingerprint density at radius 1 is 1.04 bits per heavy atom. The Bertz CT molecular complexity index is 728. The van der Waals surface area contributed by atoms with Gasteiger partial charge in [0.1, 0.15) is 0 Å². The van der Waals surface area contributed by atoms with Crippen LogP contribution in [0.15, 0.2) is 71.7 Å². The summed E-state index contributed by atoms with van der Waals surface area (Å²) in [5.74, 6) is 1.13. The number of hydrogen-bond acceptors (Lipinski definition) is 2. The summed E-state index contributed by atoms with van der Waals surface area (Å²) >= 11 is 2.79. The number of nitrogens with one attached hydrogen (secondary N) is 1. The van der Waals surface area contributed by atoms with Crippen molar-refractivity contribution in [1.29, 1.82) is 0 Å². The zero-order chi connectivity index (χ0) is 16.1. The molecule has 113 valence electrons. The second-order valence-corrected chi connectivity index (χ2v) is 5.92. The van der Waals surface area contributed by atoms with Crippen LogP contribution in [-0.4, -0.2) is 26.7 Å². The third kappa shape index (κ3) is 4.19. The van der Waals surface area contributed by atoms with Crippen LogP contribution >= 0.6 is 0 Å². The first-order valence-corrected chi connectivity index (χ1v) is 8.16. The summed E-state index contributed by atoms with van der Waals surface area (Å²) in [4.78, 5) is 16.4. The molecular formula is C19H15N2OSe. The predicted molar refractivity (Wildman–Crippen MR) is 93.6 cm³/mol. The third-order valence-corrected chi connectivity index (χ3v) is 3.90. The van der Waals surface area contributed by atoms with E-state index in [1.807, 2.05) is 42.5 Å². The SMILES string of the molecule is O=C(NC([Se])=Nc1ccc([C]2[CH]C=CC2)cc1)c1ccccc1. The Labute approximate surface area is 144 Å². The second-order valence-electron chi connectivity index (χ2n) is 5.11. The van der Waals surface area contributed by atoms with Gasteiger partial charge in [-0.2, -0.15) is 0 Å². The van der Waals surface area contributed by atoms with Crippen molar-refractivity contribution >= 4 is 32.3 Å². The van der Waals surface area contributed by atoms with Gasteiger partial charge in [0.2, 0.25) is 0 Å². The first-order valence-electron chi connectivity index (χ1n) is 7.30. The van der Waals surface area contributed by atoms with E-state index >= 15 is 0 Å². The monoisotopic (exact) mass is 367 g/mol. The number of carbonyl (C=O) groups is 1. The van der Waals surface area contributed by atoms with Gasteiger partial charge in [-0.25, -0.2) is 0 Å². The van der Waals surface area contributed by atoms with E-state index in [4.69, 9.17) is 0 Å². The van der Waals surface area contributed by atoms with Gasteiger partial charge in [0, 0.05) is 0 Å². The molecule has 0 unspecified atom stereocenters. The van der Waals surface area contributed by atoms with Crippen LogP contribution < -0.4 is 5.32 Å². The third-order valence-electron chi connectivity index (χ3n) is 3.50. The predicted octanol–water partition coefficient (Wildman–Crippen LogP) is 3.36. The van der Waals surface area contributed by atoms with Crippen LogP contribution in [0.4, 0.5) is 5.69 Å². The van der Waals surface area contributed by atoms with Crippen molar-refractivity contribution in [2.75, 3.05) is 0 Å². The molecule has 0 spiro atoms. The summed E-state index contributed by atoms with van der Waals surface area (Å²) in [6.07, 6.45) is 7.30. The molecule has 0 fully saturated rings. The summed E-state index contributed by atoms with van der Waals surface area (Å²) in [6.45, 7) is 0. The van der Waals surface area contributed by atoms with Crippen LogP contribution in [0.25, 0.3) is 0 Å². The van der Waals surface area contributed by atoms with E-state index in [1.54, 1.807) is 12.1 Å². The van der Waals surface area contributed by atoms with Gasteiger partial charge in [-0.1, -0.05) is 0 Å². The zero-order valence-corrected chi connectivity index (χ0v) is 14.1. The van der Waals surface area contributed by atoms with Crippen molar-refractivity contribution in [3.63, 3.8) is 0 Å². The van der Waals surface area contributed by atoms with Gasteiger partial charge in [-0.15, -0.1) is 0 Å². The summed E-state index contributed by atoms with van der Waals surface area (Å²) < 4.78 is 0.452. The molecule has 0 aromatic heterocycles. The van der Waals surface area contributed by atoms with Crippen molar-refractivity contribution in [3.8, 4) is 0 Å². The molecule has 4 heteroatoms. The molecule has 23 heavy (non-hydrogen) atoms. The number of carbonyl (C=O) groups excluding carboxylic acids is 1. The van der Waals surface area contributed by atoms with E-state index in [0.29, 0.717) is 10.3 Å². The molecule has 0 saturated carbocycles. The van der Waals surface area contributed by atoms with Crippen LogP contribution in [0.2, 0.25) is 0 Å². The quantitative estimate of drug-likeness (QED) is 0.505. The molecule has 1 aliphatic rings. The molecular weight excluding hydrogens is 351 g/mol. The van der Waals surface area contributed by atoms with E-state index in [0.717, 1.165) is 12.1 Å². The number of benzene rings is 2. The van der Waals surface area contributed by atoms with E-state index in [-0.39, 0.29) is 5.91 Å². The number of nitrogens with zero attached hydrogens (tertiary/aromatic N) is 1. The maximum atomic E-state index is 12.0. The van der Waals surface area contributed by atoms with Crippen molar-refractivity contribution in [2.24, 2.45) is 4.99 Å². The van der Waals surface area contributed by atoms with Gasteiger partial charge in [0.05, 0.1) is 0 Å². The molecule has 3 nitrogen and oxygen atoms in total. The molecule has 0 saturated heterocycles. The number of hydrogen-bond donors (Lipinski definition) is 1. The van der Waals surface area contributed by atoms with Crippen molar-refractivity contribution in [1.82, 2.24) is 5.32 Å². The van der Waals surface area contributed by atoms with Crippen LogP contribution in [0.1, 0.15) is 22.3 Å². The number of rotatable bonds is 3. The fraction of sp³-hybridized carbons (Fsp3) is 0.0526. The summed E-state index contributed by atoms with van der Waals surface area (Å²) in [6, 6.07) is 17.0. The Morgan fingerprint density at radius 2 is 1.78 bits per heavy atom. The molecule has 0 heterocycles. The van der Waals surface area contributed by atoms with Gasteiger partial charge in [-0.05, 0) is 0 Å². The Morgan fingerprint density at radius 3 is 2.43 bits per heavy atom. The Hall–Kier alpha value is -2.16. The molecule has 3 rings (SSSR count). The minimum atomic E-state index is -0.179. The normalized spacial score (nSPS) is 14.9. The first kappa shape index (κ1) is 15.7. The van der Waals surface area contributed by atoms with Crippen LogP contribution in [-0.2, 0) is 0 Å². The number of aliphatic imine (C=N–C) groups is 1. The summed E-state index contributed by atoms with van der Waals surface area (Å²) in [5.41, 5.74) is 2.60. The molecule has 0 aliphatic heterocycles. The second kappa shape index (κ2) is 7.40. The minimum absolute atomic E-state index is 0.179. The van der Waals surface area contributed by atoms with E-state index in [1.165, 1.54) is 11.5 Å². The van der Waals surface area contributed by atoms with Crippen LogP contribution in [0.3, 0.4) is 0 Å². The molecule has 2 aromatic carbocycles. The first-order chi connectivity index (χ1) is 11.2. The molecule has 0 atom stereocenters. The van der Waals surface area contributed by atoms with Gasteiger partial charge >= 0.3 is 144 Å². The summed E-state index contributed by atoms with van der Waals surface area (Å²) in [7, 11) is 0. The molecule has 1 N–H and O–H groups in total. The van der Waals surface area contributed by atoms with E-state index < -0.39 is 0 Å². The standard InChI is InChI=1S/C19H15N2OSe/c22-18(16-8-2-1-3-9-16)21-19(23)20-17-12-10-15(11-13-17)14-6-4-5-7-14/h1-6,8-13H,7H2,(H,20,21,22). The average Bonchev–Trinajstić information content (AvgIpc) is 3.11. The molecule has 0 bridgehead atoms. The summed E-state index contributed by atoms with van der Waals surface area (Å²) in [5, 5.41) is 2.75. The fourth-order valence-corrected chi connectivity index (χ4v) is 2.73. The molecule has 1 amide bonds. The van der Waals surface area contributed by atoms with E-state index in [9.17, 15) is 4.79 Å². The number of allylic oxidation sites excluding steroid dienone is 2. The van der Waals surface area contributed by atoms with Crippen molar-refractivity contribution in [2.45, 2.75) is 6.42 Å². The Kier molecular flexibility index (Phi) is 5.06. The van der Waals surface area contributed by atoms with Gasteiger partial charge in [0.25, 0.3) is 0 Å². The maximum absolute atomic E-state index is 12.0. The van der Waals surface area contributed by atoms with E-state index in [2.05, 4.69) is 44.9 Å². The van der Waals surface area contributed by atoms with Gasteiger partial charge < -0.3 is 0 Å². The molecule has 2 aromatic rings. The van der Waals surface area contributed by atoms with Crippen molar-refractivity contribution < 1.29 is 4.79 Å². The zero-order valence-electron chi connectivity index (χ0n) is 12.4. The van der Waals surface area contributed by atoms with Crippen LogP contribution in [0, 0.1) is 12.3 Å². The molecule has 3 radical (unpaired) electrons. The molecule has 1 aliphatic carbocycles. The van der Waals surface area contributed by atoms with Gasteiger partial charge in [0.15, 0.2) is 0 Å². The number of amides is 1. The van der Waals surface area contributed by atoms with Crippen molar-refractivity contribution in [3.05, 3.63) is 90.2 Å². The van der Waals surface area contributed by atoms with Crippen LogP contribution in [0.5, 0.6) is 0 Å². The topological polar surface area (TPSA) is 41.5 Å². The fourth-order valence-electron chi connectivity index (χ4n) is 2.32.